The Labute approximate surface area is 101 Å². The third kappa shape index (κ3) is 1.36. The molecule has 0 saturated carbocycles. The molecule has 2 aromatic heterocycles. The van der Waals surface area contributed by atoms with Gasteiger partial charge in [-0.25, -0.2) is 4.98 Å². The average molecular weight is 282 g/mol. The summed E-state index contributed by atoms with van der Waals surface area (Å²) in [5.74, 6) is 1.54. The van der Waals surface area contributed by atoms with Crippen molar-refractivity contribution in [3.05, 3.63) is 16.7 Å². The van der Waals surface area contributed by atoms with Gasteiger partial charge in [-0.15, -0.1) is 0 Å². The second-order valence-electron chi connectivity index (χ2n) is 3.93. The highest BCUT2D eigenvalue weighted by atomic mass is 79.9. The van der Waals surface area contributed by atoms with Gasteiger partial charge in [0.1, 0.15) is 16.1 Å². The van der Waals surface area contributed by atoms with E-state index in [1.165, 1.54) is 12.8 Å². The van der Waals surface area contributed by atoms with E-state index in [9.17, 15) is 0 Å². The molecule has 1 aliphatic rings. The van der Waals surface area contributed by atoms with Gasteiger partial charge in [0.15, 0.2) is 5.65 Å². The van der Waals surface area contributed by atoms with Crippen LogP contribution in [0.1, 0.15) is 12.8 Å². The highest BCUT2D eigenvalue weighted by Gasteiger charge is 2.19. The number of aromatic nitrogens is 3. The van der Waals surface area contributed by atoms with Crippen LogP contribution in [-0.4, -0.2) is 27.7 Å². The Morgan fingerprint density at radius 1 is 1.31 bits per heavy atom. The minimum atomic E-state index is 0.608. The molecule has 0 amide bonds. The van der Waals surface area contributed by atoms with Crippen LogP contribution in [0.4, 0.5) is 11.6 Å². The van der Waals surface area contributed by atoms with Gasteiger partial charge in [-0.3, -0.25) is 0 Å². The molecule has 5 nitrogen and oxygen atoms in total. The maximum Gasteiger partial charge on any atom is 0.159 e. The quantitative estimate of drug-likeness (QED) is 0.864. The van der Waals surface area contributed by atoms with Gasteiger partial charge in [0.05, 0.1) is 6.20 Å². The average Bonchev–Trinajstić information content (AvgIpc) is 2.92. The number of rotatable bonds is 1. The number of nitrogen functional groups attached to an aromatic ring is 1. The standard InChI is InChI=1S/C10H12BrN5/c11-8-9(12)16-7(3-4-13-16)14-10(8)15-5-1-2-6-15/h3-4H,1-2,5-6,12H2. The van der Waals surface area contributed by atoms with Gasteiger partial charge in [0.2, 0.25) is 0 Å². The van der Waals surface area contributed by atoms with Crippen molar-refractivity contribution < 1.29 is 0 Å². The summed E-state index contributed by atoms with van der Waals surface area (Å²) in [4.78, 5) is 6.83. The van der Waals surface area contributed by atoms with E-state index in [1.807, 2.05) is 6.07 Å². The predicted molar refractivity (Wildman–Crippen MR) is 66.5 cm³/mol. The lowest BCUT2D eigenvalue weighted by atomic mass is 10.4. The van der Waals surface area contributed by atoms with Crippen molar-refractivity contribution >= 4 is 33.2 Å². The fourth-order valence-electron chi connectivity index (χ4n) is 2.07. The molecule has 1 fully saturated rings. The Kier molecular flexibility index (Phi) is 2.24. The Morgan fingerprint density at radius 2 is 2.06 bits per heavy atom. The molecule has 0 aliphatic carbocycles. The number of hydrogen-bond donors (Lipinski definition) is 1. The number of anilines is 2. The number of hydrogen-bond acceptors (Lipinski definition) is 4. The Bertz CT molecular complexity index is 529. The van der Waals surface area contributed by atoms with Crippen LogP contribution in [-0.2, 0) is 0 Å². The lowest BCUT2D eigenvalue weighted by Gasteiger charge is -2.19. The van der Waals surface area contributed by atoms with Crippen molar-refractivity contribution in [2.45, 2.75) is 12.8 Å². The fraction of sp³-hybridized carbons (Fsp3) is 0.400. The Morgan fingerprint density at radius 3 is 2.81 bits per heavy atom. The van der Waals surface area contributed by atoms with Crippen LogP contribution in [0.5, 0.6) is 0 Å². The first kappa shape index (κ1) is 9.89. The van der Waals surface area contributed by atoms with Crippen LogP contribution >= 0.6 is 15.9 Å². The van der Waals surface area contributed by atoms with Gasteiger partial charge in [0.25, 0.3) is 0 Å². The van der Waals surface area contributed by atoms with E-state index >= 15 is 0 Å². The first-order valence-corrected chi connectivity index (χ1v) is 6.10. The molecule has 3 rings (SSSR count). The monoisotopic (exact) mass is 281 g/mol. The van der Waals surface area contributed by atoms with Crippen molar-refractivity contribution in [3.63, 3.8) is 0 Å². The van der Waals surface area contributed by atoms with Crippen molar-refractivity contribution in [3.8, 4) is 0 Å². The van der Waals surface area contributed by atoms with Crippen LogP contribution in [0, 0.1) is 0 Å². The molecular formula is C10H12BrN5. The molecule has 1 saturated heterocycles. The minimum Gasteiger partial charge on any atom is -0.383 e. The van der Waals surface area contributed by atoms with Crippen LogP contribution in [0.3, 0.4) is 0 Å². The molecule has 0 bridgehead atoms. The van der Waals surface area contributed by atoms with Crippen molar-refractivity contribution in [2.75, 3.05) is 23.7 Å². The minimum absolute atomic E-state index is 0.608. The van der Waals surface area contributed by atoms with Gasteiger partial charge in [0, 0.05) is 19.2 Å². The maximum absolute atomic E-state index is 6.02. The third-order valence-corrected chi connectivity index (χ3v) is 3.66. The molecule has 2 N–H and O–H groups in total. The van der Waals surface area contributed by atoms with Crippen molar-refractivity contribution in [2.24, 2.45) is 0 Å². The number of halogens is 1. The summed E-state index contributed by atoms with van der Waals surface area (Å²) >= 11 is 3.51. The molecule has 0 spiro atoms. The van der Waals surface area contributed by atoms with Crippen molar-refractivity contribution in [1.29, 1.82) is 0 Å². The molecule has 0 radical (unpaired) electrons. The predicted octanol–water partition coefficient (Wildman–Crippen LogP) is 1.67. The summed E-state index contributed by atoms with van der Waals surface area (Å²) in [5, 5.41) is 4.13. The molecule has 16 heavy (non-hydrogen) atoms. The summed E-state index contributed by atoms with van der Waals surface area (Å²) in [6.07, 6.45) is 4.15. The lowest BCUT2D eigenvalue weighted by Crippen LogP contribution is -2.20. The summed E-state index contributed by atoms with van der Waals surface area (Å²) in [6, 6.07) is 1.86. The van der Waals surface area contributed by atoms with E-state index in [0.29, 0.717) is 5.82 Å². The smallest absolute Gasteiger partial charge is 0.159 e. The molecule has 84 valence electrons. The second-order valence-corrected chi connectivity index (χ2v) is 4.72. The maximum atomic E-state index is 6.02. The lowest BCUT2D eigenvalue weighted by molar-refractivity contribution is 0.899. The van der Waals surface area contributed by atoms with E-state index in [1.54, 1.807) is 10.7 Å². The van der Waals surface area contributed by atoms with Crippen molar-refractivity contribution in [1.82, 2.24) is 14.6 Å². The number of fused-ring (bicyclic) bond motifs is 1. The summed E-state index contributed by atoms with van der Waals surface area (Å²) < 4.78 is 2.48. The highest BCUT2D eigenvalue weighted by Crippen LogP contribution is 2.32. The third-order valence-electron chi connectivity index (χ3n) is 2.90. The van der Waals surface area contributed by atoms with Crippen LogP contribution in [0.15, 0.2) is 16.7 Å². The topological polar surface area (TPSA) is 59.5 Å². The molecule has 1 aliphatic heterocycles. The SMILES string of the molecule is Nc1c(Br)c(N2CCCC2)nc2ccnn12. The van der Waals surface area contributed by atoms with Gasteiger partial charge in [-0.1, -0.05) is 0 Å². The first-order valence-electron chi connectivity index (χ1n) is 5.31. The van der Waals surface area contributed by atoms with Crippen LogP contribution in [0.25, 0.3) is 5.65 Å². The zero-order valence-electron chi connectivity index (χ0n) is 8.73. The summed E-state index contributed by atoms with van der Waals surface area (Å²) in [7, 11) is 0. The molecule has 3 heterocycles. The van der Waals surface area contributed by atoms with Gasteiger partial charge in [-0.2, -0.15) is 9.61 Å². The zero-order chi connectivity index (χ0) is 11.1. The number of nitrogens with two attached hydrogens (primary N) is 1. The van der Waals surface area contributed by atoms with Crippen LogP contribution < -0.4 is 10.6 Å². The Hall–Kier alpha value is -1.30. The molecule has 0 aromatic carbocycles. The molecule has 0 atom stereocenters. The summed E-state index contributed by atoms with van der Waals surface area (Å²) in [5.41, 5.74) is 6.81. The molecule has 2 aromatic rings. The first-order chi connectivity index (χ1) is 7.77. The summed E-state index contributed by atoms with van der Waals surface area (Å²) in [6.45, 7) is 2.10. The zero-order valence-corrected chi connectivity index (χ0v) is 10.3. The van der Waals surface area contributed by atoms with Crippen LogP contribution in [0.2, 0.25) is 0 Å². The Balaban J connectivity index is 2.19. The normalized spacial score (nSPS) is 16.2. The van der Waals surface area contributed by atoms with Gasteiger partial charge < -0.3 is 10.6 Å². The van der Waals surface area contributed by atoms with E-state index in [2.05, 4.69) is 30.9 Å². The molecule has 6 heteroatoms. The number of nitrogens with zero attached hydrogens (tertiary/aromatic N) is 4. The van der Waals surface area contributed by atoms with E-state index < -0.39 is 0 Å². The second kappa shape index (κ2) is 3.62. The van der Waals surface area contributed by atoms with E-state index in [-0.39, 0.29) is 0 Å². The largest absolute Gasteiger partial charge is 0.383 e. The fourth-order valence-corrected chi connectivity index (χ4v) is 2.58. The molecule has 0 unspecified atom stereocenters. The molecular weight excluding hydrogens is 270 g/mol. The van der Waals surface area contributed by atoms with E-state index in [4.69, 9.17) is 5.73 Å². The van der Waals surface area contributed by atoms with E-state index in [0.717, 1.165) is 29.0 Å². The highest BCUT2D eigenvalue weighted by molar-refractivity contribution is 9.10. The van der Waals surface area contributed by atoms with Gasteiger partial charge in [-0.05, 0) is 28.8 Å². The van der Waals surface area contributed by atoms with Gasteiger partial charge >= 0.3 is 0 Å².